The predicted molar refractivity (Wildman–Crippen MR) is 76.2 cm³/mol. The van der Waals surface area contributed by atoms with Gasteiger partial charge < -0.3 is 15.0 Å². The molecule has 2 rings (SSSR count). The summed E-state index contributed by atoms with van der Waals surface area (Å²) < 4.78 is 6.31. The molecule has 6 heteroatoms. The van der Waals surface area contributed by atoms with E-state index in [1.165, 1.54) is 11.3 Å². The van der Waals surface area contributed by atoms with Gasteiger partial charge in [-0.3, -0.25) is 4.79 Å². The van der Waals surface area contributed by atoms with Gasteiger partial charge in [0.15, 0.2) is 0 Å². The number of thiazole rings is 1. The molecule has 18 heavy (non-hydrogen) atoms. The molecule has 1 aromatic carbocycles. The molecule has 0 fully saturated rings. The highest BCUT2D eigenvalue weighted by molar-refractivity contribution is 9.10. The normalized spacial score (nSPS) is 10.6. The zero-order valence-corrected chi connectivity index (χ0v) is 12.2. The van der Waals surface area contributed by atoms with Gasteiger partial charge in [-0.15, -0.1) is 0 Å². The molecule has 0 aliphatic heterocycles. The lowest BCUT2D eigenvalue weighted by molar-refractivity contribution is 0.407. The minimum absolute atomic E-state index is 0.0214. The van der Waals surface area contributed by atoms with Crippen molar-refractivity contribution in [1.29, 1.82) is 0 Å². The van der Waals surface area contributed by atoms with E-state index in [0.29, 0.717) is 13.1 Å². The molecule has 96 valence electrons. The molecule has 2 aromatic rings. The highest BCUT2D eigenvalue weighted by atomic mass is 79.9. The van der Waals surface area contributed by atoms with Crippen LogP contribution in [0.2, 0.25) is 0 Å². The van der Waals surface area contributed by atoms with Crippen molar-refractivity contribution in [3.8, 4) is 5.75 Å². The van der Waals surface area contributed by atoms with Crippen LogP contribution in [0.1, 0.15) is 11.3 Å². The van der Waals surface area contributed by atoms with Crippen molar-refractivity contribution in [2.45, 2.75) is 13.1 Å². The maximum absolute atomic E-state index is 11.0. The van der Waals surface area contributed by atoms with Gasteiger partial charge in [-0.2, -0.15) is 0 Å². The van der Waals surface area contributed by atoms with Crippen molar-refractivity contribution >= 4 is 27.3 Å². The second-order valence-corrected chi connectivity index (χ2v) is 5.49. The fourth-order valence-electron chi connectivity index (χ4n) is 1.62. The number of rotatable bonds is 5. The largest absolute Gasteiger partial charge is 0.496 e. The van der Waals surface area contributed by atoms with Crippen LogP contribution in [0.5, 0.6) is 5.75 Å². The summed E-state index contributed by atoms with van der Waals surface area (Å²) in [7, 11) is 1.66. The number of aromatic amines is 1. The summed E-state index contributed by atoms with van der Waals surface area (Å²) in [4.78, 5) is 13.7. The molecule has 0 saturated carbocycles. The summed E-state index contributed by atoms with van der Waals surface area (Å²) in [5.41, 5.74) is 1.98. The number of methoxy groups -OCH3 is 1. The number of ether oxygens (including phenoxy) is 1. The lowest BCUT2D eigenvalue weighted by Crippen LogP contribution is -2.14. The third-order valence-electron chi connectivity index (χ3n) is 2.44. The summed E-state index contributed by atoms with van der Waals surface area (Å²) in [6, 6.07) is 5.88. The van der Waals surface area contributed by atoms with Crippen molar-refractivity contribution in [3.05, 3.63) is 49.0 Å². The van der Waals surface area contributed by atoms with Crippen molar-refractivity contribution in [1.82, 2.24) is 10.3 Å². The Morgan fingerprint density at radius 2 is 2.28 bits per heavy atom. The Kier molecular flexibility index (Phi) is 4.57. The third-order valence-corrected chi connectivity index (χ3v) is 3.66. The molecule has 2 N–H and O–H groups in total. The van der Waals surface area contributed by atoms with Crippen molar-refractivity contribution in [2.75, 3.05) is 7.11 Å². The number of hydrogen-bond acceptors (Lipinski definition) is 4. The van der Waals surface area contributed by atoms with Crippen LogP contribution in [0, 0.1) is 0 Å². The van der Waals surface area contributed by atoms with E-state index < -0.39 is 0 Å². The molecule has 0 bridgehead atoms. The van der Waals surface area contributed by atoms with Crippen LogP contribution in [-0.2, 0) is 13.1 Å². The molecule has 0 aliphatic carbocycles. The standard InChI is InChI=1S/C12H13BrN2O2S/c1-17-11-3-2-9(13)4-8(11)5-14-6-10-7-18-12(16)15-10/h2-4,7,14H,5-6H2,1H3,(H,15,16). The van der Waals surface area contributed by atoms with E-state index in [4.69, 9.17) is 4.74 Å². The van der Waals surface area contributed by atoms with E-state index in [9.17, 15) is 4.79 Å². The Hall–Kier alpha value is -1.11. The zero-order valence-electron chi connectivity index (χ0n) is 9.83. The first-order valence-electron chi connectivity index (χ1n) is 5.39. The van der Waals surface area contributed by atoms with Crippen LogP contribution < -0.4 is 14.9 Å². The highest BCUT2D eigenvalue weighted by Crippen LogP contribution is 2.22. The van der Waals surface area contributed by atoms with Crippen molar-refractivity contribution in [2.24, 2.45) is 0 Å². The Morgan fingerprint density at radius 3 is 2.94 bits per heavy atom. The molecule has 0 atom stereocenters. The average Bonchev–Trinajstić information content (AvgIpc) is 2.75. The topological polar surface area (TPSA) is 54.1 Å². The Balaban J connectivity index is 1.97. The van der Waals surface area contributed by atoms with Crippen LogP contribution in [0.15, 0.2) is 32.8 Å². The Labute approximate surface area is 117 Å². The summed E-state index contributed by atoms with van der Waals surface area (Å²) in [5.74, 6) is 0.851. The number of halogens is 1. The molecule has 0 saturated heterocycles. The van der Waals surface area contributed by atoms with Crippen molar-refractivity contribution < 1.29 is 4.74 Å². The molecule has 0 spiro atoms. The first-order chi connectivity index (χ1) is 8.69. The molecule has 4 nitrogen and oxygen atoms in total. The minimum atomic E-state index is -0.0214. The molecular weight excluding hydrogens is 316 g/mol. The first kappa shape index (κ1) is 13.3. The third kappa shape index (κ3) is 3.44. The van der Waals surface area contributed by atoms with E-state index in [0.717, 1.165) is 21.5 Å². The van der Waals surface area contributed by atoms with Gasteiger partial charge in [-0.05, 0) is 18.2 Å². The fraction of sp³-hybridized carbons (Fsp3) is 0.250. The maximum Gasteiger partial charge on any atom is 0.304 e. The predicted octanol–water partition coefficient (Wildman–Crippen LogP) is 2.50. The van der Waals surface area contributed by atoms with Gasteiger partial charge in [0.2, 0.25) is 0 Å². The molecule has 0 amide bonds. The summed E-state index contributed by atoms with van der Waals surface area (Å²) in [6.07, 6.45) is 0. The van der Waals surface area contributed by atoms with Crippen LogP contribution in [0.4, 0.5) is 0 Å². The number of nitrogens with one attached hydrogen (secondary N) is 2. The highest BCUT2D eigenvalue weighted by Gasteiger charge is 2.03. The average molecular weight is 329 g/mol. The fourth-order valence-corrected chi connectivity index (χ4v) is 2.61. The quantitative estimate of drug-likeness (QED) is 0.886. The van der Waals surface area contributed by atoms with E-state index in [1.807, 2.05) is 23.6 Å². The van der Waals surface area contributed by atoms with E-state index in [-0.39, 0.29) is 4.87 Å². The maximum atomic E-state index is 11.0. The van der Waals surface area contributed by atoms with E-state index in [2.05, 4.69) is 26.2 Å². The van der Waals surface area contributed by atoms with E-state index in [1.54, 1.807) is 7.11 Å². The molecule has 0 unspecified atom stereocenters. The Bertz CT molecular complexity index is 579. The number of hydrogen-bond donors (Lipinski definition) is 2. The SMILES string of the molecule is COc1ccc(Br)cc1CNCc1csc(=O)[nH]1. The van der Waals surface area contributed by atoms with Gasteiger partial charge >= 0.3 is 4.87 Å². The molecule has 1 aromatic heterocycles. The van der Waals surface area contributed by atoms with Crippen molar-refractivity contribution in [3.63, 3.8) is 0 Å². The van der Waals surface area contributed by atoms with Crippen LogP contribution in [0.25, 0.3) is 0 Å². The zero-order chi connectivity index (χ0) is 13.0. The minimum Gasteiger partial charge on any atom is -0.496 e. The number of benzene rings is 1. The number of H-pyrrole nitrogens is 1. The monoisotopic (exact) mass is 328 g/mol. The lowest BCUT2D eigenvalue weighted by atomic mass is 10.2. The van der Waals surface area contributed by atoms with Gasteiger partial charge in [0.25, 0.3) is 0 Å². The summed E-state index contributed by atoms with van der Waals surface area (Å²) in [5, 5.41) is 5.10. The van der Waals surface area contributed by atoms with Crippen LogP contribution in [0.3, 0.4) is 0 Å². The van der Waals surface area contributed by atoms with Crippen LogP contribution >= 0.6 is 27.3 Å². The van der Waals surface area contributed by atoms with Gasteiger partial charge in [0.1, 0.15) is 5.75 Å². The number of aromatic nitrogens is 1. The van der Waals surface area contributed by atoms with Gasteiger partial charge in [0, 0.05) is 34.2 Å². The molecule has 1 heterocycles. The van der Waals surface area contributed by atoms with Gasteiger partial charge in [-0.1, -0.05) is 27.3 Å². The van der Waals surface area contributed by atoms with Gasteiger partial charge in [-0.25, -0.2) is 0 Å². The second kappa shape index (κ2) is 6.17. The lowest BCUT2D eigenvalue weighted by Gasteiger charge is -2.09. The van der Waals surface area contributed by atoms with Crippen LogP contribution in [-0.4, -0.2) is 12.1 Å². The summed E-state index contributed by atoms with van der Waals surface area (Å²) in [6.45, 7) is 1.31. The smallest absolute Gasteiger partial charge is 0.304 e. The van der Waals surface area contributed by atoms with Gasteiger partial charge in [0.05, 0.1) is 7.11 Å². The second-order valence-electron chi connectivity index (χ2n) is 3.73. The molecule has 0 radical (unpaired) electrons. The first-order valence-corrected chi connectivity index (χ1v) is 7.06. The Morgan fingerprint density at radius 1 is 1.44 bits per heavy atom. The molecule has 0 aliphatic rings. The van der Waals surface area contributed by atoms with E-state index >= 15 is 0 Å². The molecular formula is C12H13BrN2O2S. The summed E-state index contributed by atoms with van der Waals surface area (Å²) >= 11 is 4.61.